The van der Waals surface area contributed by atoms with Crippen LogP contribution in [-0.4, -0.2) is 41.3 Å². The van der Waals surface area contributed by atoms with Gasteiger partial charge in [-0.2, -0.15) is 11.8 Å². The van der Waals surface area contributed by atoms with Crippen molar-refractivity contribution in [2.75, 3.05) is 25.9 Å². The van der Waals surface area contributed by atoms with Gasteiger partial charge in [0.05, 0.1) is 0 Å². The second kappa shape index (κ2) is 4.23. The Morgan fingerprint density at radius 2 is 2.00 bits per heavy atom. The molecule has 1 saturated heterocycles. The van der Waals surface area contributed by atoms with Crippen LogP contribution in [0.2, 0.25) is 0 Å². The standard InChI is InChI=1S/C11H19NOS/c1-14-11(5-2-6-11)9-12-7-3-10(13)4-8-12/h2-9H2,1H3. The van der Waals surface area contributed by atoms with Gasteiger partial charge in [-0.1, -0.05) is 6.42 Å². The van der Waals surface area contributed by atoms with Crippen LogP contribution in [0.1, 0.15) is 32.1 Å². The summed E-state index contributed by atoms with van der Waals surface area (Å²) in [6, 6.07) is 0. The molecule has 14 heavy (non-hydrogen) atoms. The third-order valence-electron chi connectivity index (χ3n) is 3.62. The summed E-state index contributed by atoms with van der Waals surface area (Å²) in [6.45, 7) is 3.21. The van der Waals surface area contributed by atoms with E-state index in [4.69, 9.17) is 0 Å². The molecule has 1 aliphatic carbocycles. The molecule has 80 valence electrons. The van der Waals surface area contributed by atoms with E-state index >= 15 is 0 Å². The fourth-order valence-corrected chi connectivity index (χ4v) is 3.37. The van der Waals surface area contributed by atoms with E-state index in [0.717, 1.165) is 25.9 Å². The van der Waals surface area contributed by atoms with Crippen LogP contribution < -0.4 is 0 Å². The molecule has 0 aromatic rings. The molecule has 1 saturated carbocycles. The van der Waals surface area contributed by atoms with Gasteiger partial charge in [-0.05, 0) is 19.1 Å². The number of nitrogens with zero attached hydrogens (tertiary/aromatic N) is 1. The molecule has 0 atom stereocenters. The van der Waals surface area contributed by atoms with Gasteiger partial charge in [-0.15, -0.1) is 0 Å². The Bertz CT molecular complexity index is 210. The first-order chi connectivity index (χ1) is 6.74. The Balaban J connectivity index is 1.82. The van der Waals surface area contributed by atoms with E-state index in [2.05, 4.69) is 11.2 Å². The van der Waals surface area contributed by atoms with Crippen molar-refractivity contribution in [2.45, 2.75) is 36.9 Å². The predicted molar refractivity (Wildman–Crippen MR) is 60.8 cm³/mol. The van der Waals surface area contributed by atoms with Gasteiger partial charge in [0.2, 0.25) is 0 Å². The van der Waals surface area contributed by atoms with Gasteiger partial charge in [0, 0.05) is 37.2 Å². The molecule has 0 unspecified atom stereocenters. The van der Waals surface area contributed by atoms with Gasteiger partial charge < -0.3 is 4.90 Å². The van der Waals surface area contributed by atoms with Gasteiger partial charge in [-0.25, -0.2) is 0 Å². The summed E-state index contributed by atoms with van der Waals surface area (Å²) < 4.78 is 0.542. The van der Waals surface area contributed by atoms with E-state index in [1.807, 2.05) is 11.8 Å². The second-order valence-corrected chi connectivity index (χ2v) is 5.83. The second-order valence-electron chi connectivity index (χ2n) is 4.56. The first-order valence-corrected chi connectivity index (χ1v) is 6.76. The number of carbonyl (C=O) groups is 1. The number of ketones is 1. The van der Waals surface area contributed by atoms with Gasteiger partial charge >= 0.3 is 0 Å². The zero-order valence-electron chi connectivity index (χ0n) is 8.92. The van der Waals surface area contributed by atoms with Crippen LogP contribution >= 0.6 is 11.8 Å². The third kappa shape index (κ3) is 2.14. The van der Waals surface area contributed by atoms with Crippen molar-refractivity contribution in [1.82, 2.24) is 4.90 Å². The Labute approximate surface area is 90.4 Å². The minimum atomic E-state index is 0.452. The molecule has 0 aromatic heterocycles. The Morgan fingerprint density at radius 1 is 1.36 bits per heavy atom. The van der Waals surface area contributed by atoms with Crippen molar-refractivity contribution in [3.05, 3.63) is 0 Å². The molecule has 3 heteroatoms. The van der Waals surface area contributed by atoms with Crippen LogP contribution in [-0.2, 0) is 4.79 Å². The highest BCUT2D eigenvalue weighted by atomic mass is 32.2. The summed E-state index contributed by atoms with van der Waals surface area (Å²) >= 11 is 2.03. The zero-order chi connectivity index (χ0) is 10.0. The average molecular weight is 213 g/mol. The number of thioether (sulfide) groups is 1. The number of piperidine rings is 1. The monoisotopic (exact) mass is 213 g/mol. The molecule has 2 rings (SSSR count). The van der Waals surface area contributed by atoms with Crippen molar-refractivity contribution < 1.29 is 4.79 Å². The zero-order valence-corrected chi connectivity index (χ0v) is 9.74. The van der Waals surface area contributed by atoms with E-state index in [9.17, 15) is 4.79 Å². The summed E-state index contributed by atoms with van der Waals surface area (Å²) in [5.41, 5.74) is 0. The Kier molecular flexibility index (Phi) is 3.17. The molecule has 0 bridgehead atoms. The lowest BCUT2D eigenvalue weighted by Gasteiger charge is -2.44. The van der Waals surface area contributed by atoms with Crippen molar-refractivity contribution in [3.8, 4) is 0 Å². The number of hydrogen-bond donors (Lipinski definition) is 0. The van der Waals surface area contributed by atoms with Crippen LogP contribution in [0.3, 0.4) is 0 Å². The molecule has 2 fully saturated rings. The molecule has 2 aliphatic rings. The van der Waals surface area contributed by atoms with Crippen LogP contribution in [0.4, 0.5) is 0 Å². The molecular formula is C11H19NOS. The largest absolute Gasteiger partial charge is 0.301 e. The number of carbonyl (C=O) groups excluding carboxylic acids is 1. The van der Waals surface area contributed by atoms with Crippen molar-refractivity contribution in [3.63, 3.8) is 0 Å². The van der Waals surface area contributed by atoms with Gasteiger partial charge in [0.25, 0.3) is 0 Å². The lowest BCUT2D eigenvalue weighted by Crippen LogP contribution is -2.47. The Hall–Kier alpha value is -0.0200. The fourth-order valence-electron chi connectivity index (χ4n) is 2.37. The molecule has 2 nitrogen and oxygen atoms in total. The lowest BCUT2D eigenvalue weighted by molar-refractivity contribution is -0.121. The topological polar surface area (TPSA) is 20.3 Å². The number of likely N-dealkylation sites (tertiary alicyclic amines) is 1. The van der Waals surface area contributed by atoms with E-state index in [-0.39, 0.29) is 0 Å². The highest BCUT2D eigenvalue weighted by Gasteiger charge is 2.38. The summed E-state index contributed by atoms with van der Waals surface area (Å²) in [6.07, 6.45) is 7.94. The highest BCUT2D eigenvalue weighted by Crippen LogP contribution is 2.43. The molecule has 1 heterocycles. The van der Waals surface area contributed by atoms with Gasteiger partial charge in [0.15, 0.2) is 0 Å². The van der Waals surface area contributed by atoms with Crippen LogP contribution in [0, 0.1) is 0 Å². The molecule has 1 aliphatic heterocycles. The first kappa shape index (κ1) is 10.5. The average Bonchev–Trinajstić information content (AvgIpc) is 2.15. The molecular weight excluding hydrogens is 194 g/mol. The van der Waals surface area contributed by atoms with Crippen molar-refractivity contribution in [2.24, 2.45) is 0 Å². The van der Waals surface area contributed by atoms with Gasteiger partial charge in [-0.3, -0.25) is 4.79 Å². The normalized spacial score (nSPS) is 27.4. The van der Waals surface area contributed by atoms with E-state index in [1.165, 1.54) is 25.8 Å². The minimum Gasteiger partial charge on any atom is -0.301 e. The summed E-state index contributed by atoms with van der Waals surface area (Å²) in [7, 11) is 0. The SMILES string of the molecule is CSC1(CN2CCC(=O)CC2)CCC1. The minimum absolute atomic E-state index is 0.452. The van der Waals surface area contributed by atoms with Crippen molar-refractivity contribution >= 4 is 17.5 Å². The molecule has 0 spiro atoms. The smallest absolute Gasteiger partial charge is 0.135 e. The highest BCUT2D eigenvalue weighted by molar-refractivity contribution is 8.00. The Morgan fingerprint density at radius 3 is 2.43 bits per heavy atom. The van der Waals surface area contributed by atoms with Crippen LogP contribution in [0.25, 0.3) is 0 Å². The molecule has 0 aromatic carbocycles. The van der Waals surface area contributed by atoms with Crippen LogP contribution in [0.5, 0.6) is 0 Å². The molecule has 0 amide bonds. The van der Waals surface area contributed by atoms with Gasteiger partial charge in [0.1, 0.15) is 5.78 Å². The van der Waals surface area contributed by atoms with E-state index in [0.29, 0.717) is 10.5 Å². The maximum Gasteiger partial charge on any atom is 0.135 e. The van der Waals surface area contributed by atoms with E-state index in [1.54, 1.807) is 0 Å². The molecule has 0 N–H and O–H groups in total. The van der Waals surface area contributed by atoms with E-state index < -0.39 is 0 Å². The maximum absolute atomic E-state index is 11.1. The maximum atomic E-state index is 11.1. The third-order valence-corrected chi connectivity index (χ3v) is 5.03. The summed E-state index contributed by atoms with van der Waals surface area (Å²) in [4.78, 5) is 13.6. The number of Topliss-reactive ketones (excluding diaryl/α,β-unsaturated/α-hetero) is 1. The fraction of sp³-hybridized carbons (Fsp3) is 0.909. The number of hydrogen-bond acceptors (Lipinski definition) is 3. The summed E-state index contributed by atoms with van der Waals surface area (Å²) in [5.74, 6) is 0.452. The number of rotatable bonds is 3. The summed E-state index contributed by atoms with van der Waals surface area (Å²) in [5, 5.41) is 0. The first-order valence-electron chi connectivity index (χ1n) is 5.53. The van der Waals surface area contributed by atoms with Crippen molar-refractivity contribution in [1.29, 1.82) is 0 Å². The van der Waals surface area contributed by atoms with Crippen LogP contribution in [0.15, 0.2) is 0 Å². The quantitative estimate of drug-likeness (QED) is 0.714. The predicted octanol–water partition coefficient (Wildman–Crippen LogP) is 1.94. The molecule has 0 radical (unpaired) electrons. The lowest BCUT2D eigenvalue weighted by atomic mass is 9.83.